The van der Waals surface area contributed by atoms with Crippen molar-refractivity contribution in [2.75, 3.05) is 13.2 Å². The topological polar surface area (TPSA) is 18.5 Å². The normalized spacial score (nSPS) is 22.2. The second kappa shape index (κ2) is 4.58. The largest absolute Gasteiger partial charge is 0.352 e. The van der Waals surface area contributed by atoms with Crippen molar-refractivity contribution in [1.29, 1.82) is 0 Å². The predicted molar refractivity (Wildman–Crippen MR) is 44.6 cm³/mol. The van der Waals surface area contributed by atoms with Crippen LogP contribution >= 0.6 is 0 Å². The van der Waals surface area contributed by atoms with Gasteiger partial charge >= 0.3 is 0 Å². The van der Waals surface area contributed by atoms with Crippen LogP contribution in [-0.4, -0.2) is 25.7 Å². The lowest BCUT2D eigenvalue weighted by Gasteiger charge is -2.24. The van der Waals surface area contributed by atoms with Gasteiger partial charge in [-0.1, -0.05) is 6.58 Å². The molecule has 3 heteroatoms. The molecule has 0 radical (unpaired) electrons. The summed E-state index contributed by atoms with van der Waals surface area (Å²) in [5, 5.41) is 0. The number of alkyl halides is 1. The Morgan fingerprint density at radius 1 is 1.58 bits per heavy atom. The summed E-state index contributed by atoms with van der Waals surface area (Å²) in [4.78, 5) is 0. The van der Waals surface area contributed by atoms with Gasteiger partial charge < -0.3 is 9.47 Å². The molecule has 1 unspecified atom stereocenters. The standard InChI is InChI=1S/C9H15FO2/c1-7(2)8(10)6-9-11-4-3-5-12-9/h8-9H,1,3-6H2,2H3. The number of halogens is 1. The molecule has 1 aliphatic heterocycles. The molecule has 1 saturated heterocycles. The first kappa shape index (κ1) is 9.68. The van der Waals surface area contributed by atoms with E-state index in [1.165, 1.54) is 0 Å². The van der Waals surface area contributed by atoms with Crippen molar-refractivity contribution in [1.82, 2.24) is 0 Å². The van der Waals surface area contributed by atoms with E-state index in [0.717, 1.165) is 6.42 Å². The highest BCUT2D eigenvalue weighted by Crippen LogP contribution is 2.16. The van der Waals surface area contributed by atoms with Gasteiger partial charge in [0.25, 0.3) is 0 Å². The van der Waals surface area contributed by atoms with Crippen molar-refractivity contribution in [3.05, 3.63) is 12.2 Å². The molecule has 0 amide bonds. The first-order valence-corrected chi connectivity index (χ1v) is 4.23. The van der Waals surface area contributed by atoms with Crippen LogP contribution in [-0.2, 0) is 9.47 Å². The maximum absolute atomic E-state index is 13.1. The van der Waals surface area contributed by atoms with E-state index in [4.69, 9.17) is 9.47 Å². The minimum absolute atomic E-state index is 0.273. The molecule has 0 aliphatic carbocycles. The minimum Gasteiger partial charge on any atom is -0.352 e. The average molecular weight is 174 g/mol. The van der Waals surface area contributed by atoms with E-state index in [0.29, 0.717) is 18.8 Å². The summed E-state index contributed by atoms with van der Waals surface area (Å²) >= 11 is 0. The molecule has 0 aromatic rings. The molecule has 0 spiro atoms. The van der Waals surface area contributed by atoms with Crippen LogP contribution in [0.15, 0.2) is 12.2 Å². The van der Waals surface area contributed by atoms with Crippen LogP contribution in [0.1, 0.15) is 19.8 Å². The molecule has 1 rings (SSSR count). The van der Waals surface area contributed by atoms with Crippen molar-refractivity contribution in [2.45, 2.75) is 32.2 Å². The summed E-state index contributed by atoms with van der Waals surface area (Å²) in [5.74, 6) is 0. The lowest BCUT2D eigenvalue weighted by Crippen LogP contribution is -2.27. The lowest BCUT2D eigenvalue weighted by atomic mass is 10.1. The van der Waals surface area contributed by atoms with E-state index in [1.54, 1.807) is 6.92 Å². The summed E-state index contributed by atoms with van der Waals surface area (Å²) in [6, 6.07) is 0. The zero-order valence-corrected chi connectivity index (χ0v) is 7.38. The first-order valence-electron chi connectivity index (χ1n) is 4.23. The highest BCUT2D eigenvalue weighted by Gasteiger charge is 2.19. The van der Waals surface area contributed by atoms with Crippen LogP contribution in [0.25, 0.3) is 0 Å². The summed E-state index contributed by atoms with van der Waals surface area (Å²) < 4.78 is 23.4. The minimum atomic E-state index is -1.01. The van der Waals surface area contributed by atoms with Crippen LogP contribution < -0.4 is 0 Å². The Balaban J connectivity index is 2.24. The predicted octanol–water partition coefficient (Wildman–Crippen LogP) is 2.05. The van der Waals surface area contributed by atoms with E-state index < -0.39 is 6.17 Å². The van der Waals surface area contributed by atoms with Gasteiger partial charge in [-0.15, -0.1) is 0 Å². The summed E-state index contributed by atoms with van der Waals surface area (Å²) in [5.41, 5.74) is 0.535. The van der Waals surface area contributed by atoms with E-state index in [9.17, 15) is 4.39 Å². The highest BCUT2D eigenvalue weighted by atomic mass is 19.1. The van der Waals surface area contributed by atoms with Crippen molar-refractivity contribution < 1.29 is 13.9 Å². The van der Waals surface area contributed by atoms with Crippen molar-refractivity contribution in [2.24, 2.45) is 0 Å². The molecule has 1 aliphatic rings. The number of hydrogen-bond donors (Lipinski definition) is 0. The van der Waals surface area contributed by atoms with Gasteiger partial charge in [0.15, 0.2) is 6.29 Å². The molecule has 0 bridgehead atoms. The van der Waals surface area contributed by atoms with Gasteiger partial charge in [-0.25, -0.2) is 4.39 Å². The van der Waals surface area contributed by atoms with E-state index in [-0.39, 0.29) is 12.7 Å². The molecule has 70 valence electrons. The molecule has 1 heterocycles. The zero-order chi connectivity index (χ0) is 8.97. The smallest absolute Gasteiger partial charge is 0.160 e. The molecule has 0 N–H and O–H groups in total. The Hall–Kier alpha value is -0.410. The third kappa shape index (κ3) is 2.91. The molecule has 1 fully saturated rings. The fourth-order valence-electron chi connectivity index (χ4n) is 1.04. The molecule has 2 nitrogen and oxygen atoms in total. The highest BCUT2D eigenvalue weighted by molar-refractivity contribution is 4.97. The molecular weight excluding hydrogens is 159 g/mol. The van der Waals surface area contributed by atoms with Gasteiger partial charge in [-0.05, 0) is 18.9 Å². The van der Waals surface area contributed by atoms with Gasteiger partial charge in [-0.2, -0.15) is 0 Å². The quantitative estimate of drug-likeness (QED) is 0.610. The van der Waals surface area contributed by atoms with Crippen molar-refractivity contribution >= 4 is 0 Å². The van der Waals surface area contributed by atoms with E-state index in [1.807, 2.05) is 0 Å². The monoisotopic (exact) mass is 174 g/mol. The SMILES string of the molecule is C=C(C)C(F)CC1OCCCO1. The van der Waals surface area contributed by atoms with Crippen LogP contribution in [0.3, 0.4) is 0 Å². The molecule has 12 heavy (non-hydrogen) atoms. The molecule has 0 aromatic heterocycles. The average Bonchev–Trinajstić information content (AvgIpc) is 2.06. The number of rotatable bonds is 3. The zero-order valence-electron chi connectivity index (χ0n) is 7.38. The second-order valence-electron chi connectivity index (χ2n) is 3.07. The molecular formula is C9H15FO2. The van der Waals surface area contributed by atoms with Gasteiger partial charge in [0, 0.05) is 6.42 Å². The summed E-state index contributed by atoms with van der Waals surface area (Å²) in [6.07, 6.45) is -0.200. The maximum Gasteiger partial charge on any atom is 0.160 e. The first-order chi connectivity index (χ1) is 5.70. The number of allylic oxidation sites excluding steroid dienone is 1. The van der Waals surface area contributed by atoms with Gasteiger partial charge in [0.1, 0.15) is 6.17 Å². The maximum atomic E-state index is 13.1. The van der Waals surface area contributed by atoms with Gasteiger partial charge in [0.05, 0.1) is 13.2 Å². The van der Waals surface area contributed by atoms with Crippen LogP contribution in [0.5, 0.6) is 0 Å². The van der Waals surface area contributed by atoms with Crippen molar-refractivity contribution in [3.8, 4) is 0 Å². The van der Waals surface area contributed by atoms with Crippen LogP contribution in [0.4, 0.5) is 4.39 Å². The molecule has 1 atom stereocenters. The number of hydrogen-bond acceptors (Lipinski definition) is 2. The fourth-order valence-corrected chi connectivity index (χ4v) is 1.04. The Labute approximate surface area is 72.4 Å². The summed E-state index contributed by atoms with van der Waals surface area (Å²) in [7, 11) is 0. The van der Waals surface area contributed by atoms with Gasteiger partial charge in [0.2, 0.25) is 0 Å². The van der Waals surface area contributed by atoms with E-state index >= 15 is 0 Å². The van der Waals surface area contributed by atoms with E-state index in [2.05, 4.69) is 6.58 Å². The number of ether oxygens (including phenoxy) is 2. The fraction of sp³-hybridized carbons (Fsp3) is 0.778. The third-order valence-electron chi connectivity index (χ3n) is 1.83. The van der Waals surface area contributed by atoms with Crippen LogP contribution in [0, 0.1) is 0 Å². The Bertz CT molecular complexity index is 153. The lowest BCUT2D eigenvalue weighted by molar-refractivity contribution is -0.185. The second-order valence-corrected chi connectivity index (χ2v) is 3.07. The Morgan fingerprint density at radius 3 is 2.67 bits per heavy atom. The molecule has 0 aromatic carbocycles. The Kier molecular flexibility index (Phi) is 3.69. The Morgan fingerprint density at radius 2 is 2.17 bits per heavy atom. The summed E-state index contributed by atoms with van der Waals surface area (Å²) in [6.45, 7) is 6.56. The van der Waals surface area contributed by atoms with Crippen molar-refractivity contribution in [3.63, 3.8) is 0 Å². The van der Waals surface area contributed by atoms with Gasteiger partial charge in [-0.3, -0.25) is 0 Å². The third-order valence-corrected chi connectivity index (χ3v) is 1.83. The van der Waals surface area contributed by atoms with Crippen LogP contribution in [0.2, 0.25) is 0 Å². The molecule has 0 saturated carbocycles.